The molecule has 0 saturated heterocycles. The van der Waals surface area contributed by atoms with Gasteiger partial charge >= 0.3 is 12.2 Å². The van der Waals surface area contributed by atoms with Crippen LogP contribution in [0.2, 0.25) is 0 Å². The Bertz CT molecular complexity index is 1750. The van der Waals surface area contributed by atoms with E-state index in [1.165, 1.54) is 0 Å². The molecule has 374 valence electrons. The molecule has 0 spiro atoms. The highest BCUT2D eigenvalue weighted by molar-refractivity contribution is 5.97. The zero-order chi connectivity index (χ0) is 48.6. The van der Waals surface area contributed by atoms with E-state index in [1.807, 2.05) is 48.5 Å². The summed E-state index contributed by atoms with van der Waals surface area (Å²) in [7, 11) is 0. The fraction of sp³-hybridized carbons (Fsp3) is 0.633. The van der Waals surface area contributed by atoms with Gasteiger partial charge in [-0.2, -0.15) is 0 Å². The van der Waals surface area contributed by atoms with E-state index in [1.54, 1.807) is 51.3 Å². The van der Waals surface area contributed by atoms with Gasteiger partial charge in [0.25, 0.3) is 0 Å². The van der Waals surface area contributed by atoms with Gasteiger partial charge in [-0.1, -0.05) is 42.2 Å². The Kier molecular flexibility index (Phi) is 27.6. The molecule has 0 unspecified atom stereocenters. The van der Waals surface area contributed by atoms with Crippen molar-refractivity contribution in [1.82, 2.24) is 15.5 Å². The van der Waals surface area contributed by atoms with Crippen molar-refractivity contribution in [3.63, 3.8) is 0 Å². The Morgan fingerprint density at radius 3 is 1.37 bits per heavy atom. The average molecular weight is 943 g/mol. The van der Waals surface area contributed by atoms with Crippen LogP contribution in [0.15, 0.2) is 48.5 Å². The highest BCUT2D eigenvalue weighted by atomic mass is 16.6. The zero-order valence-electron chi connectivity index (χ0n) is 40.5. The molecule has 3 rings (SSSR count). The van der Waals surface area contributed by atoms with E-state index in [0.29, 0.717) is 131 Å². The second kappa shape index (κ2) is 32.8. The van der Waals surface area contributed by atoms with E-state index < -0.39 is 23.4 Å². The summed E-state index contributed by atoms with van der Waals surface area (Å²) in [5, 5.41) is 5.27. The van der Waals surface area contributed by atoms with Gasteiger partial charge in [0.2, 0.25) is 11.8 Å². The molecule has 1 aliphatic heterocycles. The number of amides is 4. The van der Waals surface area contributed by atoms with Crippen molar-refractivity contribution in [1.29, 1.82) is 0 Å². The lowest BCUT2D eigenvalue weighted by molar-refractivity contribution is -0.134. The summed E-state index contributed by atoms with van der Waals surface area (Å²) in [5.41, 5.74) is 2.17. The van der Waals surface area contributed by atoms with Gasteiger partial charge in [0.15, 0.2) is 0 Å². The number of fused-ring (bicyclic) bond motifs is 2. The lowest BCUT2D eigenvalue weighted by Gasteiger charge is -2.27. The number of rotatable bonds is 33. The van der Waals surface area contributed by atoms with E-state index in [0.717, 1.165) is 16.7 Å². The highest BCUT2D eigenvalue weighted by Gasteiger charge is 2.23. The summed E-state index contributed by atoms with van der Waals surface area (Å²) in [4.78, 5) is 54.2. The molecule has 0 aromatic heterocycles. The molecule has 2 aromatic rings. The monoisotopic (exact) mass is 943 g/mol. The third-order valence-corrected chi connectivity index (χ3v) is 9.15. The second-order valence-corrected chi connectivity index (χ2v) is 17.0. The standard InChI is InChI=1S/C49H74N4O14/c1-48(2,3)66-46(56)50-19-23-58-27-31-62-35-37-64-33-29-60-25-21-52(22-26-61-30-34-65-38-36-63-32-28-59-24-20-51-47(57)67-49(4,5)6)44(54)17-18-45(55)53-39-42-13-8-7-11-40(42)15-16-41-12-9-10-14-43(41)53/h7-14H,17-39H2,1-6H3,(H,50,56)(H,51,57). The van der Waals surface area contributed by atoms with Crippen LogP contribution in [0.25, 0.3) is 0 Å². The minimum absolute atomic E-state index is 0.0130. The molecule has 18 nitrogen and oxygen atoms in total. The number of nitrogens with one attached hydrogen (secondary N) is 2. The molecule has 67 heavy (non-hydrogen) atoms. The molecular formula is C49H74N4O14. The Morgan fingerprint density at radius 1 is 0.522 bits per heavy atom. The molecule has 1 heterocycles. The maximum atomic E-state index is 13.8. The Labute approximate surface area is 396 Å². The number of carbonyl (C=O) groups is 4. The van der Waals surface area contributed by atoms with E-state index in [2.05, 4.69) is 22.5 Å². The zero-order valence-corrected chi connectivity index (χ0v) is 40.5. The second-order valence-electron chi connectivity index (χ2n) is 17.0. The van der Waals surface area contributed by atoms with Crippen LogP contribution in [0.4, 0.5) is 15.3 Å². The van der Waals surface area contributed by atoms with Crippen molar-refractivity contribution >= 4 is 29.7 Å². The number of ether oxygens (including phenoxy) is 10. The van der Waals surface area contributed by atoms with Crippen LogP contribution < -0.4 is 15.5 Å². The predicted molar refractivity (Wildman–Crippen MR) is 251 cm³/mol. The van der Waals surface area contributed by atoms with Gasteiger partial charge < -0.3 is 67.8 Å². The van der Waals surface area contributed by atoms with Crippen molar-refractivity contribution in [2.45, 2.75) is 72.1 Å². The number of nitrogens with zero attached hydrogens (tertiary/aromatic N) is 2. The third kappa shape index (κ3) is 26.9. The minimum Gasteiger partial charge on any atom is -0.444 e. The van der Waals surface area contributed by atoms with E-state index in [9.17, 15) is 19.2 Å². The molecule has 0 atom stereocenters. The lowest BCUT2D eigenvalue weighted by Crippen LogP contribution is -2.38. The maximum absolute atomic E-state index is 13.8. The Hall–Kier alpha value is -4.84. The van der Waals surface area contributed by atoms with Gasteiger partial charge in [0, 0.05) is 50.1 Å². The number of benzene rings is 2. The first-order valence-electron chi connectivity index (χ1n) is 23.0. The Morgan fingerprint density at radius 2 is 0.910 bits per heavy atom. The molecule has 0 radical (unpaired) electrons. The third-order valence-electron chi connectivity index (χ3n) is 9.15. The number of hydrogen-bond donors (Lipinski definition) is 2. The van der Waals surface area contributed by atoms with Crippen molar-refractivity contribution < 1.29 is 66.5 Å². The molecule has 1 aliphatic rings. The Balaban J connectivity index is 1.33. The summed E-state index contributed by atoms with van der Waals surface area (Å²) in [6.45, 7) is 18.1. The number of hydrogen-bond acceptors (Lipinski definition) is 14. The average Bonchev–Trinajstić information content (AvgIpc) is 3.26. The quantitative estimate of drug-likeness (QED) is 0.0738. The van der Waals surface area contributed by atoms with Gasteiger partial charge in [0.1, 0.15) is 11.2 Å². The van der Waals surface area contributed by atoms with Gasteiger partial charge in [-0.3, -0.25) is 9.59 Å². The largest absolute Gasteiger partial charge is 0.444 e. The molecular weight excluding hydrogens is 869 g/mol. The van der Waals surface area contributed by atoms with Crippen LogP contribution >= 0.6 is 0 Å². The molecule has 0 bridgehead atoms. The molecule has 18 heteroatoms. The van der Waals surface area contributed by atoms with Crippen molar-refractivity contribution in [2.75, 3.05) is 137 Å². The first-order valence-corrected chi connectivity index (χ1v) is 23.0. The van der Waals surface area contributed by atoms with Gasteiger partial charge in [-0.05, 0) is 65.3 Å². The molecule has 0 aliphatic carbocycles. The predicted octanol–water partition coefficient (Wildman–Crippen LogP) is 4.72. The highest BCUT2D eigenvalue weighted by Crippen LogP contribution is 2.26. The van der Waals surface area contributed by atoms with Crippen molar-refractivity contribution in [2.24, 2.45) is 0 Å². The number of anilines is 1. The number of carbonyl (C=O) groups excluding carboxylic acids is 4. The van der Waals surface area contributed by atoms with Gasteiger partial charge in [-0.15, -0.1) is 0 Å². The molecule has 4 amide bonds. The summed E-state index contributed by atoms with van der Waals surface area (Å²) in [6.07, 6.45) is -0.936. The van der Waals surface area contributed by atoms with Crippen LogP contribution in [0.5, 0.6) is 0 Å². The van der Waals surface area contributed by atoms with Crippen LogP contribution in [0, 0.1) is 11.8 Å². The molecule has 0 saturated carbocycles. The van der Waals surface area contributed by atoms with Crippen LogP contribution in [-0.2, 0) is 63.5 Å². The van der Waals surface area contributed by atoms with Crippen molar-refractivity contribution in [3.05, 3.63) is 65.2 Å². The fourth-order valence-electron chi connectivity index (χ4n) is 6.03. The summed E-state index contributed by atoms with van der Waals surface area (Å²) in [6, 6.07) is 15.3. The van der Waals surface area contributed by atoms with Crippen LogP contribution in [0.1, 0.15) is 71.1 Å². The normalized spacial score (nSPS) is 12.2. The number of alkyl carbamates (subject to hydrolysis) is 2. The SMILES string of the molecule is CC(C)(C)OC(=O)NCCOCCOCCOCCOCCN(CCOCCOCCOCCOCCNC(=O)OC(C)(C)C)C(=O)CCC(=O)N1Cc2ccccc2C#Cc2ccccc21. The first kappa shape index (κ1) is 56.5. The van der Waals surface area contributed by atoms with E-state index in [4.69, 9.17) is 47.4 Å². The molecule has 2 N–H and O–H groups in total. The van der Waals surface area contributed by atoms with Crippen LogP contribution in [0.3, 0.4) is 0 Å². The first-order chi connectivity index (χ1) is 32.2. The maximum Gasteiger partial charge on any atom is 0.407 e. The topological polar surface area (TPSA) is 191 Å². The summed E-state index contributed by atoms with van der Waals surface area (Å²) < 4.78 is 55.2. The summed E-state index contributed by atoms with van der Waals surface area (Å²) in [5.74, 6) is 6.09. The van der Waals surface area contributed by atoms with Crippen molar-refractivity contribution in [3.8, 4) is 11.8 Å². The smallest absolute Gasteiger partial charge is 0.407 e. The molecule has 0 fully saturated rings. The lowest BCUT2D eigenvalue weighted by atomic mass is 10.0. The molecule has 2 aromatic carbocycles. The minimum atomic E-state index is -0.551. The van der Waals surface area contributed by atoms with Gasteiger partial charge in [-0.25, -0.2) is 9.59 Å². The summed E-state index contributed by atoms with van der Waals surface area (Å²) >= 11 is 0. The van der Waals surface area contributed by atoms with Crippen LogP contribution in [-0.4, -0.2) is 172 Å². The fourth-order valence-corrected chi connectivity index (χ4v) is 6.03. The number of para-hydroxylation sites is 1. The van der Waals surface area contributed by atoms with E-state index in [-0.39, 0.29) is 37.9 Å². The van der Waals surface area contributed by atoms with Gasteiger partial charge in [0.05, 0.1) is 118 Å². The van der Waals surface area contributed by atoms with E-state index >= 15 is 0 Å².